The van der Waals surface area contributed by atoms with Gasteiger partial charge in [-0.1, -0.05) is 203 Å². The van der Waals surface area contributed by atoms with Crippen molar-refractivity contribution in [2.75, 3.05) is 5.75 Å². The van der Waals surface area contributed by atoms with E-state index in [1.807, 2.05) is 183 Å². The predicted molar refractivity (Wildman–Crippen MR) is 350 cm³/mol. The van der Waals surface area contributed by atoms with E-state index in [1.54, 1.807) is 41.5 Å². The summed E-state index contributed by atoms with van der Waals surface area (Å²) in [5, 5.41) is 8.55. The molecular weight excluding hydrogens is 1140 g/mol. The number of hydrogen-bond donors (Lipinski definition) is 3. The number of ether oxygens (including phenoxy) is 3. The molecule has 0 aliphatic rings. The highest BCUT2D eigenvalue weighted by molar-refractivity contribution is 8.00. The molecule has 0 heterocycles. The molecule has 0 saturated heterocycles. The number of amides is 3. The fraction of sp³-hybridized carbons (Fsp3) is 0.405. The molecule has 0 saturated carbocycles. The Morgan fingerprint density at radius 2 is 0.944 bits per heavy atom. The molecule has 472 valence electrons. The zero-order valence-corrected chi connectivity index (χ0v) is 53.7. The fourth-order valence-corrected chi connectivity index (χ4v) is 12.1. The van der Waals surface area contributed by atoms with Crippen molar-refractivity contribution in [1.82, 2.24) is 16.0 Å². The molecule has 6 aromatic rings. The minimum absolute atomic E-state index is 0.0222. The topological polar surface area (TPSA) is 200 Å². The highest BCUT2D eigenvalue weighted by Crippen LogP contribution is 2.48. The number of hydrogen-bond acceptors (Lipinski definition) is 12. The van der Waals surface area contributed by atoms with Crippen molar-refractivity contribution in [3.8, 4) is 0 Å². The number of ketones is 3. The summed E-state index contributed by atoms with van der Waals surface area (Å²) in [7, 11) is 0. The van der Waals surface area contributed by atoms with Gasteiger partial charge in [0.1, 0.15) is 29.6 Å². The molecule has 3 N–H and O–H groups in total. The second-order valence-electron chi connectivity index (χ2n) is 24.7. The standard InChI is InChI=1S/C74H89N3O11S/c1-9-11-38-61(78)47-56(45-53-28-17-12-18-29-53)68(82)75-63(46-54-30-19-13-20-31-54)65(79)44-43-62(77-71(85)88-73(6,7)8)66(80)48-57(49-67(81)87-72(3,4)5)69(83)76-64(70(84)86-50-55-41-39-52(27-10-2)40-42-55)51-89-74(58-32-21-14-22-33-58,59-34-23-15-24-35-59)60-36-25-16-26-37-60/h12-26,28-37,39-42,56-57,62-64H,9-11,27,38,43-51H2,1-8H3,(H,75,82)(H,76,83)(H,77,85)/t56-,57+,62+,63+,64+/m1/s1. The molecule has 15 heteroatoms. The number of benzene rings is 6. The maximum Gasteiger partial charge on any atom is 0.408 e. The van der Waals surface area contributed by atoms with E-state index < -0.39 is 100 Å². The fourth-order valence-electron chi connectivity index (χ4n) is 10.5. The van der Waals surface area contributed by atoms with E-state index in [4.69, 9.17) is 14.2 Å². The molecule has 0 aliphatic heterocycles. The number of nitrogens with one attached hydrogen (secondary N) is 3. The number of aryl methyl sites for hydroxylation is 1. The van der Waals surface area contributed by atoms with E-state index in [0.29, 0.717) is 12.8 Å². The Hall–Kier alpha value is -8.17. The second-order valence-corrected chi connectivity index (χ2v) is 25.9. The Morgan fingerprint density at radius 1 is 0.461 bits per heavy atom. The molecule has 6 aromatic carbocycles. The predicted octanol–water partition coefficient (Wildman–Crippen LogP) is 13.2. The van der Waals surface area contributed by atoms with Crippen LogP contribution in [0.15, 0.2) is 176 Å². The number of esters is 2. The maximum absolute atomic E-state index is 15.2. The lowest BCUT2D eigenvalue weighted by Gasteiger charge is -2.36. The van der Waals surface area contributed by atoms with Gasteiger partial charge in [0.2, 0.25) is 11.8 Å². The minimum Gasteiger partial charge on any atom is -0.460 e. The highest BCUT2D eigenvalue weighted by Gasteiger charge is 2.41. The van der Waals surface area contributed by atoms with Crippen LogP contribution in [0.25, 0.3) is 0 Å². The third-order valence-corrected chi connectivity index (χ3v) is 16.6. The number of alkyl carbamates (subject to hydrolysis) is 1. The molecule has 5 atom stereocenters. The molecule has 0 unspecified atom stereocenters. The maximum atomic E-state index is 15.2. The molecule has 6 rings (SSSR count). The summed E-state index contributed by atoms with van der Waals surface area (Å²) in [5.74, 6) is -6.43. The van der Waals surface area contributed by atoms with Gasteiger partial charge in [-0.2, -0.15) is 0 Å². The third-order valence-electron chi connectivity index (χ3n) is 14.9. The molecule has 0 aromatic heterocycles. The van der Waals surface area contributed by atoms with Crippen LogP contribution in [0.3, 0.4) is 0 Å². The van der Waals surface area contributed by atoms with Gasteiger partial charge in [-0.05, 0) is 113 Å². The van der Waals surface area contributed by atoms with Gasteiger partial charge in [0, 0.05) is 37.4 Å². The Morgan fingerprint density at radius 3 is 1.45 bits per heavy atom. The lowest BCUT2D eigenvalue weighted by Crippen LogP contribution is -2.49. The number of rotatable bonds is 34. The molecule has 0 bridgehead atoms. The molecule has 14 nitrogen and oxygen atoms in total. The molecule has 0 fully saturated rings. The summed E-state index contributed by atoms with van der Waals surface area (Å²) < 4.78 is 16.5. The first-order valence-corrected chi connectivity index (χ1v) is 32.1. The van der Waals surface area contributed by atoms with Gasteiger partial charge in [-0.25, -0.2) is 9.59 Å². The van der Waals surface area contributed by atoms with Crippen LogP contribution in [0.2, 0.25) is 0 Å². The molecule has 3 amide bonds. The van der Waals surface area contributed by atoms with Crippen LogP contribution in [-0.2, 0) is 78.4 Å². The molecule has 89 heavy (non-hydrogen) atoms. The molecule has 0 aliphatic carbocycles. The Balaban J connectivity index is 1.34. The first-order chi connectivity index (χ1) is 42.5. The van der Waals surface area contributed by atoms with Crippen molar-refractivity contribution in [3.63, 3.8) is 0 Å². The van der Waals surface area contributed by atoms with Crippen LogP contribution in [0.5, 0.6) is 0 Å². The molecule has 0 radical (unpaired) electrons. The average molecular weight is 1230 g/mol. The molecular formula is C74H89N3O11S. The van der Waals surface area contributed by atoms with Gasteiger partial charge in [0.05, 0.1) is 29.2 Å². The largest absolute Gasteiger partial charge is 0.460 e. The van der Waals surface area contributed by atoms with Crippen LogP contribution in [0.4, 0.5) is 4.79 Å². The van der Waals surface area contributed by atoms with Crippen molar-refractivity contribution >= 4 is 59.0 Å². The zero-order chi connectivity index (χ0) is 64.4. The lowest BCUT2D eigenvalue weighted by atomic mass is 9.84. The van der Waals surface area contributed by atoms with E-state index in [0.717, 1.165) is 58.2 Å². The summed E-state index contributed by atoms with van der Waals surface area (Å²) in [5.41, 5.74) is 4.16. The Kier molecular flexibility index (Phi) is 27.1. The second kappa shape index (κ2) is 34.5. The SMILES string of the molecule is CCCCC(=O)C[C@@H](Cc1ccccc1)C(=O)N[C@@H](Cc1ccccc1)C(=O)CC[C@H](NC(=O)OC(C)(C)C)C(=O)C[C@@H](CC(=O)OC(C)(C)C)C(=O)N[C@@H](CSC(c1ccccc1)(c1ccccc1)c1ccccc1)C(=O)OCc1ccc(CCC)cc1. The number of carbonyl (C=O) groups is 8. The average Bonchev–Trinajstić information content (AvgIpc) is 1.06. The van der Waals surface area contributed by atoms with Crippen LogP contribution >= 0.6 is 11.8 Å². The van der Waals surface area contributed by atoms with Gasteiger partial charge in [0.15, 0.2) is 11.6 Å². The van der Waals surface area contributed by atoms with Gasteiger partial charge >= 0.3 is 18.0 Å². The van der Waals surface area contributed by atoms with E-state index in [1.165, 1.54) is 11.8 Å². The van der Waals surface area contributed by atoms with Crippen molar-refractivity contribution in [3.05, 3.63) is 215 Å². The van der Waals surface area contributed by atoms with Gasteiger partial charge in [-0.3, -0.25) is 28.8 Å². The lowest BCUT2D eigenvalue weighted by molar-refractivity contribution is -0.157. The van der Waals surface area contributed by atoms with Gasteiger partial charge in [0.25, 0.3) is 0 Å². The van der Waals surface area contributed by atoms with Crippen LogP contribution in [-0.4, -0.2) is 82.3 Å². The summed E-state index contributed by atoms with van der Waals surface area (Å²) in [4.78, 5) is 115. The van der Waals surface area contributed by atoms with Crippen molar-refractivity contribution in [2.24, 2.45) is 11.8 Å². The smallest absolute Gasteiger partial charge is 0.408 e. The number of carbonyl (C=O) groups excluding carboxylic acids is 8. The molecule has 0 spiro atoms. The van der Waals surface area contributed by atoms with Crippen molar-refractivity contribution in [2.45, 2.75) is 173 Å². The van der Waals surface area contributed by atoms with E-state index in [-0.39, 0.29) is 50.2 Å². The van der Waals surface area contributed by atoms with E-state index in [9.17, 15) is 28.8 Å². The van der Waals surface area contributed by atoms with Gasteiger partial charge < -0.3 is 30.2 Å². The normalized spacial score (nSPS) is 13.3. The minimum atomic E-state index is -1.48. The summed E-state index contributed by atoms with van der Waals surface area (Å²) in [6.07, 6.45) is 1.10. The number of thioether (sulfide) groups is 1. The third kappa shape index (κ3) is 23.1. The van der Waals surface area contributed by atoms with E-state index in [2.05, 4.69) is 22.9 Å². The van der Waals surface area contributed by atoms with Crippen molar-refractivity contribution < 1.29 is 52.6 Å². The summed E-state index contributed by atoms with van der Waals surface area (Å²) in [6.45, 7) is 14.0. The summed E-state index contributed by atoms with van der Waals surface area (Å²) >= 11 is 1.41. The van der Waals surface area contributed by atoms with Crippen LogP contribution < -0.4 is 16.0 Å². The highest BCUT2D eigenvalue weighted by atomic mass is 32.2. The Bertz CT molecular complexity index is 3130. The number of unbranched alkanes of at least 4 members (excludes halogenated alkanes) is 1. The van der Waals surface area contributed by atoms with Gasteiger partial charge in [-0.15, -0.1) is 11.8 Å². The first kappa shape index (κ1) is 69.9. The quantitative estimate of drug-likeness (QED) is 0.0196. The van der Waals surface area contributed by atoms with E-state index >= 15 is 9.59 Å². The monoisotopic (exact) mass is 1230 g/mol. The first-order valence-electron chi connectivity index (χ1n) is 31.1. The van der Waals surface area contributed by atoms with Crippen LogP contribution in [0, 0.1) is 11.8 Å². The van der Waals surface area contributed by atoms with Crippen LogP contribution in [0.1, 0.15) is 152 Å². The Labute approximate surface area is 530 Å². The number of Topliss-reactive ketones (excluding diaryl/α,β-unsaturated/α-hetero) is 3. The van der Waals surface area contributed by atoms with Crippen molar-refractivity contribution in [1.29, 1.82) is 0 Å². The zero-order valence-electron chi connectivity index (χ0n) is 52.9. The summed E-state index contributed by atoms with van der Waals surface area (Å²) in [6, 6.07) is 51.8.